The van der Waals surface area contributed by atoms with Gasteiger partial charge in [0.1, 0.15) is 6.04 Å². The Hall–Kier alpha value is -1.66. The summed E-state index contributed by atoms with van der Waals surface area (Å²) >= 11 is 5.69. The fourth-order valence-electron chi connectivity index (χ4n) is 2.17. The number of nitrogens with zero attached hydrogens (tertiary/aromatic N) is 1. The van der Waals surface area contributed by atoms with E-state index in [-0.39, 0.29) is 16.5 Å². The minimum absolute atomic E-state index is 0.109. The molecule has 1 heterocycles. The van der Waals surface area contributed by atoms with Crippen molar-refractivity contribution in [3.63, 3.8) is 0 Å². The van der Waals surface area contributed by atoms with E-state index in [9.17, 15) is 14.0 Å². The maximum absolute atomic E-state index is 13.9. The van der Waals surface area contributed by atoms with Crippen molar-refractivity contribution >= 4 is 23.4 Å². The maximum Gasteiger partial charge on any atom is 0.257 e. The molecular formula is C13H15ClFN3O2. The maximum atomic E-state index is 13.9. The van der Waals surface area contributed by atoms with Gasteiger partial charge in [0.25, 0.3) is 5.91 Å². The van der Waals surface area contributed by atoms with E-state index in [2.05, 4.69) is 10.6 Å². The Morgan fingerprint density at radius 2 is 2.25 bits per heavy atom. The van der Waals surface area contributed by atoms with Gasteiger partial charge in [0.05, 0.1) is 10.6 Å². The Balaban J connectivity index is 2.30. The summed E-state index contributed by atoms with van der Waals surface area (Å²) in [6.45, 7) is 1.23. The fraction of sp³-hybridized carbons (Fsp3) is 0.385. The molecule has 2 N–H and O–H groups in total. The first kappa shape index (κ1) is 14.7. The van der Waals surface area contributed by atoms with E-state index in [1.165, 1.54) is 30.1 Å². The SMILES string of the molecule is CNC(=O)C1CNCCN1C(=O)c1cccc(Cl)c1F. The first-order valence-electron chi connectivity index (χ1n) is 6.23. The molecule has 1 aromatic carbocycles. The number of carbonyl (C=O) groups is 2. The predicted octanol–water partition coefficient (Wildman–Crippen LogP) is 0.639. The molecule has 2 rings (SSSR count). The normalized spacial score (nSPS) is 18.8. The Kier molecular flexibility index (Phi) is 4.57. The second-order valence-corrected chi connectivity index (χ2v) is 4.84. The van der Waals surface area contributed by atoms with E-state index < -0.39 is 17.8 Å². The average molecular weight is 300 g/mol. The van der Waals surface area contributed by atoms with E-state index >= 15 is 0 Å². The zero-order valence-corrected chi connectivity index (χ0v) is 11.7. The van der Waals surface area contributed by atoms with Gasteiger partial charge in [-0.25, -0.2) is 4.39 Å². The molecular weight excluding hydrogens is 285 g/mol. The molecule has 1 fully saturated rings. The van der Waals surface area contributed by atoms with Gasteiger partial charge in [0, 0.05) is 26.7 Å². The number of likely N-dealkylation sites (N-methyl/N-ethyl adjacent to an activating group) is 1. The predicted molar refractivity (Wildman–Crippen MR) is 73.2 cm³/mol. The average Bonchev–Trinajstić information content (AvgIpc) is 2.48. The molecule has 0 bridgehead atoms. The van der Waals surface area contributed by atoms with Crippen LogP contribution in [0.15, 0.2) is 18.2 Å². The van der Waals surface area contributed by atoms with Crippen molar-refractivity contribution in [1.29, 1.82) is 0 Å². The van der Waals surface area contributed by atoms with Crippen molar-refractivity contribution in [2.24, 2.45) is 0 Å². The van der Waals surface area contributed by atoms with Gasteiger partial charge in [0.2, 0.25) is 5.91 Å². The molecule has 0 saturated carbocycles. The van der Waals surface area contributed by atoms with Gasteiger partial charge in [-0.1, -0.05) is 17.7 Å². The Morgan fingerprint density at radius 3 is 2.95 bits per heavy atom. The summed E-state index contributed by atoms with van der Waals surface area (Å²) in [6.07, 6.45) is 0. The highest BCUT2D eigenvalue weighted by Gasteiger charge is 2.33. The summed E-state index contributed by atoms with van der Waals surface area (Å²) in [5.74, 6) is -1.57. The van der Waals surface area contributed by atoms with Crippen molar-refractivity contribution < 1.29 is 14.0 Å². The van der Waals surface area contributed by atoms with E-state index in [4.69, 9.17) is 11.6 Å². The van der Waals surface area contributed by atoms with Gasteiger partial charge in [0.15, 0.2) is 5.82 Å². The first-order valence-corrected chi connectivity index (χ1v) is 6.61. The number of piperazine rings is 1. The third kappa shape index (κ3) is 2.76. The third-order valence-electron chi connectivity index (χ3n) is 3.24. The number of amides is 2. The molecule has 7 heteroatoms. The van der Waals surface area contributed by atoms with Crippen LogP contribution in [0.5, 0.6) is 0 Å². The molecule has 0 radical (unpaired) electrons. The summed E-state index contributed by atoms with van der Waals surface area (Å²) in [5, 5.41) is 5.43. The van der Waals surface area contributed by atoms with Crippen molar-refractivity contribution in [3.05, 3.63) is 34.6 Å². The van der Waals surface area contributed by atoms with Crippen LogP contribution in [0.3, 0.4) is 0 Å². The second-order valence-electron chi connectivity index (χ2n) is 4.43. The lowest BCUT2D eigenvalue weighted by Gasteiger charge is -2.35. The molecule has 1 unspecified atom stereocenters. The van der Waals surface area contributed by atoms with E-state index in [1.54, 1.807) is 0 Å². The number of benzene rings is 1. The van der Waals surface area contributed by atoms with Gasteiger partial charge >= 0.3 is 0 Å². The quantitative estimate of drug-likeness (QED) is 0.842. The van der Waals surface area contributed by atoms with Crippen LogP contribution in [0.2, 0.25) is 5.02 Å². The molecule has 1 saturated heterocycles. The summed E-state index contributed by atoms with van der Waals surface area (Å²) < 4.78 is 13.9. The van der Waals surface area contributed by atoms with Gasteiger partial charge in [-0.2, -0.15) is 0 Å². The van der Waals surface area contributed by atoms with Crippen LogP contribution in [0.4, 0.5) is 4.39 Å². The molecule has 1 aliphatic rings. The fourth-order valence-corrected chi connectivity index (χ4v) is 2.35. The Bertz CT molecular complexity index is 538. The summed E-state index contributed by atoms with van der Waals surface area (Å²) in [6, 6.07) is 3.60. The van der Waals surface area contributed by atoms with Crippen molar-refractivity contribution in [2.45, 2.75) is 6.04 Å². The second kappa shape index (κ2) is 6.19. The summed E-state index contributed by atoms with van der Waals surface area (Å²) in [4.78, 5) is 25.6. The molecule has 2 amide bonds. The number of carbonyl (C=O) groups excluding carboxylic acids is 2. The molecule has 0 aromatic heterocycles. The van der Waals surface area contributed by atoms with Crippen molar-refractivity contribution in [1.82, 2.24) is 15.5 Å². The van der Waals surface area contributed by atoms with Crippen LogP contribution >= 0.6 is 11.6 Å². The van der Waals surface area contributed by atoms with Crippen LogP contribution in [0.1, 0.15) is 10.4 Å². The number of hydrogen-bond acceptors (Lipinski definition) is 3. The molecule has 1 aliphatic heterocycles. The van der Waals surface area contributed by atoms with Gasteiger partial charge in [-0.15, -0.1) is 0 Å². The van der Waals surface area contributed by atoms with Crippen LogP contribution in [0.25, 0.3) is 0 Å². The Morgan fingerprint density at radius 1 is 1.50 bits per heavy atom. The lowest BCUT2D eigenvalue weighted by molar-refractivity contribution is -0.125. The van der Waals surface area contributed by atoms with E-state index in [0.717, 1.165) is 0 Å². The number of rotatable bonds is 2. The van der Waals surface area contributed by atoms with Crippen LogP contribution in [-0.4, -0.2) is 49.4 Å². The first-order chi connectivity index (χ1) is 9.56. The van der Waals surface area contributed by atoms with E-state index in [1.807, 2.05) is 0 Å². The minimum Gasteiger partial charge on any atom is -0.357 e. The minimum atomic E-state index is -0.756. The molecule has 20 heavy (non-hydrogen) atoms. The lowest BCUT2D eigenvalue weighted by atomic mass is 10.1. The molecule has 108 valence electrons. The van der Waals surface area contributed by atoms with Crippen molar-refractivity contribution in [3.8, 4) is 0 Å². The smallest absolute Gasteiger partial charge is 0.257 e. The van der Waals surface area contributed by atoms with Crippen LogP contribution in [0, 0.1) is 5.82 Å². The van der Waals surface area contributed by atoms with Gasteiger partial charge in [-0.3, -0.25) is 9.59 Å². The largest absolute Gasteiger partial charge is 0.357 e. The molecule has 0 spiro atoms. The Labute approximate surface area is 121 Å². The third-order valence-corrected chi connectivity index (χ3v) is 3.53. The zero-order valence-electron chi connectivity index (χ0n) is 11.0. The monoisotopic (exact) mass is 299 g/mol. The highest BCUT2D eigenvalue weighted by molar-refractivity contribution is 6.31. The highest BCUT2D eigenvalue weighted by atomic mass is 35.5. The van der Waals surface area contributed by atoms with Crippen LogP contribution in [-0.2, 0) is 4.79 Å². The van der Waals surface area contributed by atoms with Crippen molar-refractivity contribution in [2.75, 3.05) is 26.7 Å². The number of hydrogen-bond donors (Lipinski definition) is 2. The highest BCUT2D eigenvalue weighted by Crippen LogP contribution is 2.20. The van der Waals surface area contributed by atoms with E-state index in [0.29, 0.717) is 19.6 Å². The molecule has 5 nitrogen and oxygen atoms in total. The molecule has 1 atom stereocenters. The topological polar surface area (TPSA) is 61.4 Å². The molecule has 1 aromatic rings. The molecule has 0 aliphatic carbocycles. The zero-order chi connectivity index (χ0) is 14.7. The van der Waals surface area contributed by atoms with Gasteiger partial charge < -0.3 is 15.5 Å². The van der Waals surface area contributed by atoms with Crippen LogP contribution < -0.4 is 10.6 Å². The standard InChI is InChI=1S/C13H15ClFN3O2/c1-16-12(19)10-7-17-5-6-18(10)13(20)8-3-2-4-9(14)11(8)15/h2-4,10,17H,5-7H2,1H3,(H,16,19). The number of halogens is 2. The number of nitrogens with one attached hydrogen (secondary N) is 2. The summed E-state index contributed by atoms with van der Waals surface area (Å²) in [5.41, 5.74) is -0.117. The van der Waals surface area contributed by atoms with Gasteiger partial charge in [-0.05, 0) is 12.1 Å². The summed E-state index contributed by atoms with van der Waals surface area (Å²) in [7, 11) is 1.50. The lowest BCUT2D eigenvalue weighted by Crippen LogP contribution is -2.59.